The Morgan fingerprint density at radius 2 is 2.00 bits per heavy atom. The zero-order chi connectivity index (χ0) is 25.9. The molecule has 0 unspecified atom stereocenters. The third kappa shape index (κ3) is 7.27. The van der Waals surface area contributed by atoms with Gasteiger partial charge in [-0.1, -0.05) is 11.3 Å². The molecule has 0 spiro atoms. The fraction of sp³-hybridized carbons (Fsp3) is 0.720. The molecule has 11 heteroatoms. The van der Waals surface area contributed by atoms with E-state index in [1.54, 1.807) is 0 Å². The van der Waals surface area contributed by atoms with Gasteiger partial charge in [-0.05, 0) is 44.4 Å². The topological polar surface area (TPSA) is 60.2 Å². The molecule has 2 aromatic rings. The Bertz CT molecular complexity index is 1020. The number of Topliss-reactive ketones (excluding diaryl/α,β-unsaturated/α-hetero) is 1. The number of aromatic nitrogens is 3. The fourth-order valence-corrected chi connectivity index (χ4v) is 6.00. The van der Waals surface area contributed by atoms with E-state index in [2.05, 4.69) is 15.0 Å². The van der Waals surface area contributed by atoms with Gasteiger partial charge in [-0.15, -0.1) is 0 Å². The van der Waals surface area contributed by atoms with Crippen molar-refractivity contribution in [2.24, 2.45) is 13.0 Å². The molecule has 36 heavy (non-hydrogen) atoms. The van der Waals surface area contributed by atoms with Crippen molar-refractivity contribution in [1.29, 1.82) is 0 Å². The summed E-state index contributed by atoms with van der Waals surface area (Å²) in [5.74, 6) is -3.26. The van der Waals surface area contributed by atoms with Crippen molar-refractivity contribution in [1.82, 2.24) is 19.7 Å². The SMILES string of the molecule is Cn1ncc(CC(=O)CC2CCC(F)(CCN3CCc4nc(OCC(C)(F)F)sc4CC3)CC2)c1F. The van der Waals surface area contributed by atoms with E-state index in [0.29, 0.717) is 62.2 Å². The first kappa shape index (κ1) is 27.0. The van der Waals surface area contributed by atoms with Crippen molar-refractivity contribution in [3.05, 3.63) is 28.3 Å². The Balaban J connectivity index is 1.18. The molecule has 1 aliphatic carbocycles. The summed E-state index contributed by atoms with van der Waals surface area (Å²) in [4.78, 5) is 20.1. The first-order valence-corrected chi connectivity index (χ1v) is 13.4. The average Bonchev–Trinajstić information content (AvgIpc) is 3.29. The van der Waals surface area contributed by atoms with Crippen molar-refractivity contribution >= 4 is 17.1 Å². The van der Waals surface area contributed by atoms with Crippen molar-refractivity contribution in [3.8, 4) is 5.19 Å². The van der Waals surface area contributed by atoms with Gasteiger partial charge in [0.15, 0.2) is 6.61 Å². The summed E-state index contributed by atoms with van der Waals surface area (Å²) in [5.41, 5.74) is -0.0221. The molecule has 0 saturated heterocycles. The number of rotatable bonds is 10. The van der Waals surface area contributed by atoms with Crippen LogP contribution in [-0.4, -0.2) is 63.3 Å². The predicted octanol–water partition coefficient (Wildman–Crippen LogP) is 4.94. The fourth-order valence-electron chi connectivity index (χ4n) is 5.06. The second-order valence-electron chi connectivity index (χ2n) is 10.4. The maximum atomic E-state index is 15.5. The van der Waals surface area contributed by atoms with Gasteiger partial charge < -0.3 is 9.64 Å². The van der Waals surface area contributed by atoms with Crippen molar-refractivity contribution in [3.63, 3.8) is 0 Å². The molecule has 200 valence electrons. The Morgan fingerprint density at radius 3 is 2.67 bits per heavy atom. The molecule has 2 aromatic heterocycles. The van der Waals surface area contributed by atoms with Crippen molar-refractivity contribution in [2.45, 2.75) is 76.3 Å². The number of hydrogen-bond donors (Lipinski definition) is 0. The minimum atomic E-state index is -2.89. The van der Waals surface area contributed by atoms with E-state index in [1.165, 1.54) is 24.6 Å². The lowest BCUT2D eigenvalue weighted by atomic mass is 9.76. The first-order chi connectivity index (χ1) is 17.0. The van der Waals surface area contributed by atoms with Crippen molar-refractivity contribution in [2.75, 3.05) is 26.2 Å². The lowest BCUT2D eigenvalue weighted by Crippen LogP contribution is -2.36. The molecule has 1 saturated carbocycles. The smallest absolute Gasteiger partial charge is 0.278 e. The monoisotopic (exact) mass is 530 g/mol. The Hall–Kier alpha value is -2.01. The van der Waals surface area contributed by atoms with Gasteiger partial charge >= 0.3 is 0 Å². The summed E-state index contributed by atoms with van der Waals surface area (Å²) in [6, 6.07) is 0. The average molecular weight is 531 g/mol. The molecule has 3 heterocycles. The second-order valence-corrected chi connectivity index (χ2v) is 11.4. The van der Waals surface area contributed by atoms with Gasteiger partial charge in [-0.3, -0.25) is 4.79 Å². The van der Waals surface area contributed by atoms with Crippen LogP contribution in [0.1, 0.15) is 61.6 Å². The summed E-state index contributed by atoms with van der Waals surface area (Å²) < 4.78 is 61.7. The minimum Gasteiger partial charge on any atom is -0.464 e. The van der Waals surface area contributed by atoms with E-state index in [1.807, 2.05) is 0 Å². The molecule has 1 fully saturated rings. The van der Waals surface area contributed by atoms with E-state index in [-0.39, 0.29) is 18.1 Å². The third-order valence-electron chi connectivity index (χ3n) is 7.24. The van der Waals surface area contributed by atoms with Crippen LogP contribution in [0.25, 0.3) is 0 Å². The Morgan fingerprint density at radius 1 is 1.28 bits per heavy atom. The van der Waals surface area contributed by atoms with Crippen LogP contribution in [0.5, 0.6) is 5.19 Å². The molecule has 2 aliphatic rings. The highest BCUT2D eigenvalue weighted by atomic mass is 32.1. The molecule has 0 atom stereocenters. The van der Waals surface area contributed by atoms with Crippen LogP contribution in [0.4, 0.5) is 17.6 Å². The lowest BCUT2D eigenvalue weighted by molar-refractivity contribution is -0.119. The summed E-state index contributed by atoms with van der Waals surface area (Å²) in [6.07, 6.45) is 5.89. The van der Waals surface area contributed by atoms with E-state index in [4.69, 9.17) is 4.74 Å². The number of ketones is 1. The molecule has 0 radical (unpaired) electrons. The number of nitrogens with zero attached hydrogens (tertiary/aromatic N) is 4. The normalized spacial score (nSPS) is 23.3. The summed E-state index contributed by atoms with van der Waals surface area (Å²) in [7, 11) is 1.50. The highest BCUT2D eigenvalue weighted by Crippen LogP contribution is 2.39. The quantitative estimate of drug-likeness (QED) is 0.407. The first-order valence-electron chi connectivity index (χ1n) is 12.6. The largest absolute Gasteiger partial charge is 0.464 e. The predicted molar refractivity (Wildman–Crippen MR) is 129 cm³/mol. The third-order valence-corrected chi connectivity index (χ3v) is 8.31. The standard InChI is InChI=1S/C25H34F4N4O2S/c1-24(27,28)16-35-23-31-20-5-10-33(11-6-21(20)36-23)12-9-25(29)7-3-17(4-8-25)13-19(34)14-18-15-30-32(2)22(18)26/h15,17H,3-14,16H2,1-2H3. The van der Waals surface area contributed by atoms with E-state index in [9.17, 15) is 18.0 Å². The molecule has 6 nitrogen and oxygen atoms in total. The molecule has 0 amide bonds. The van der Waals surface area contributed by atoms with Gasteiger partial charge in [0.25, 0.3) is 11.1 Å². The molecule has 0 bridgehead atoms. The number of carbonyl (C=O) groups is 1. The van der Waals surface area contributed by atoms with Gasteiger partial charge in [-0.25, -0.2) is 22.8 Å². The molecule has 0 aromatic carbocycles. The Labute approximate surface area is 213 Å². The number of fused-ring (bicyclic) bond motifs is 1. The van der Waals surface area contributed by atoms with Crippen LogP contribution in [0.15, 0.2) is 6.20 Å². The van der Waals surface area contributed by atoms with E-state index in [0.717, 1.165) is 41.7 Å². The number of halogens is 4. The molecule has 1 aliphatic heterocycles. The number of ether oxygens (including phenoxy) is 1. The van der Waals surface area contributed by atoms with Crippen LogP contribution in [0.3, 0.4) is 0 Å². The lowest BCUT2D eigenvalue weighted by Gasteiger charge is -2.35. The number of thiazole rings is 1. The molecule has 4 rings (SSSR count). The second kappa shape index (κ2) is 11.2. The number of hydrogen-bond acceptors (Lipinski definition) is 6. The van der Waals surface area contributed by atoms with Crippen LogP contribution < -0.4 is 4.74 Å². The molecular weight excluding hydrogens is 496 g/mol. The van der Waals surface area contributed by atoms with Crippen LogP contribution in [0.2, 0.25) is 0 Å². The minimum absolute atomic E-state index is 0.0270. The summed E-state index contributed by atoms with van der Waals surface area (Å²) in [5, 5.41) is 4.12. The van der Waals surface area contributed by atoms with Crippen LogP contribution >= 0.6 is 11.3 Å². The van der Waals surface area contributed by atoms with Gasteiger partial charge in [0.05, 0.1) is 11.9 Å². The zero-order valence-corrected chi connectivity index (χ0v) is 21.7. The van der Waals surface area contributed by atoms with E-state index >= 15 is 4.39 Å². The highest BCUT2D eigenvalue weighted by molar-refractivity contribution is 7.13. The van der Waals surface area contributed by atoms with Crippen LogP contribution in [0, 0.1) is 11.9 Å². The summed E-state index contributed by atoms with van der Waals surface area (Å²) >= 11 is 1.32. The van der Waals surface area contributed by atoms with Crippen molar-refractivity contribution < 1.29 is 27.1 Å². The maximum absolute atomic E-state index is 15.5. The van der Waals surface area contributed by atoms with Gasteiger partial charge in [-0.2, -0.15) is 9.49 Å². The number of aryl methyl sites for hydroxylation is 1. The Kier molecular flexibility index (Phi) is 8.38. The molecular formula is C25H34F4N4O2S. The molecule has 0 N–H and O–H groups in total. The van der Waals surface area contributed by atoms with Gasteiger partial charge in [0.2, 0.25) is 5.95 Å². The van der Waals surface area contributed by atoms with E-state index < -0.39 is 24.1 Å². The highest BCUT2D eigenvalue weighted by Gasteiger charge is 2.36. The number of carbonyl (C=O) groups excluding carboxylic acids is 1. The van der Waals surface area contributed by atoms with Gasteiger partial charge in [0, 0.05) is 63.3 Å². The summed E-state index contributed by atoms with van der Waals surface area (Å²) in [6.45, 7) is 2.32. The zero-order valence-electron chi connectivity index (χ0n) is 20.9. The van der Waals surface area contributed by atoms with Crippen LogP contribution in [-0.2, 0) is 31.1 Å². The maximum Gasteiger partial charge on any atom is 0.278 e. The van der Waals surface area contributed by atoms with Gasteiger partial charge in [0.1, 0.15) is 11.5 Å². The number of alkyl halides is 3.